The van der Waals surface area contributed by atoms with E-state index in [9.17, 15) is 4.39 Å². The topological polar surface area (TPSA) is 21.3 Å². The summed E-state index contributed by atoms with van der Waals surface area (Å²) in [5.74, 6) is -0.144. The van der Waals surface area contributed by atoms with Crippen molar-refractivity contribution in [1.29, 1.82) is 0 Å². The zero-order valence-electron chi connectivity index (χ0n) is 11.8. The molecular weight excluding hydrogens is 229 g/mol. The zero-order valence-corrected chi connectivity index (χ0v) is 11.8. The van der Waals surface area contributed by atoms with Crippen molar-refractivity contribution in [3.05, 3.63) is 35.1 Å². The molecule has 102 valence electrons. The van der Waals surface area contributed by atoms with Crippen molar-refractivity contribution in [3.8, 4) is 0 Å². The standard InChI is InChI=1S/C15H24FNO/c1-12-11-13(5-6-14(12)16)7-9-18-10-8-17-15(2,3)4/h5-6,11,17H,7-10H2,1-4H3. The first kappa shape index (κ1) is 15.1. The Bertz CT molecular complexity index is 371. The number of halogens is 1. The fraction of sp³-hybridized carbons (Fsp3) is 0.600. The Morgan fingerprint density at radius 1 is 1.22 bits per heavy atom. The molecule has 1 N–H and O–H groups in total. The van der Waals surface area contributed by atoms with E-state index in [4.69, 9.17) is 4.74 Å². The van der Waals surface area contributed by atoms with Crippen LogP contribution in [0.15, 0.2) is 18.2 Å². The molecule has 0 aliphatic rings. The molecule has 2 nitrogen and oxygen atoms in total. The summed E-state index contributed by atoms with van der Waals surface area (Å²) < 4.78 is 18.6. The van der Waals surface area contributed by atoms with E-state index in [1.165, 1.54) is 6.07 Å². The molecule has 0 atom stereocenters. The van der Waals surface area contributed by atoms with Crippen molar-refractivity contribution in [2.45, 2.75) is 39.7 Å². The molecular formula is C15H24FNO. The molecule has 0 aliphatic heterocycles. The highest BCUT2D eigenvalue weighted by molar-refractivity contribution is 5.23. The molecule has 0 spiro atoms. The second-order valence-electron chi connectivity index (χ2n) is 5.62. The minimum absolute atomic E-state index is 0.136. The highest BCUT2D eigenvalue weighted by Crippen LogP contribution is 2.09. The van der Waals surface area contributed by atoms with Gasteiger partial charge in [0.05, 0.1) is 13.2 Å². The van der Waals surface area contributed by atoms with Gasteiger partial charge in [-0.1, -0.05) is 12.1 Å². The van der Waals surface area contributed by atoms with Gasteiger partial charge in [0.1, 0.15) is 5.82 Å². The Labute approximate surface area is 110 Å². The SMILES string of the molecule is Cc1cc(CCOCCNC(C)(C)C)ccc1F. The summed E-state index contributed by atoms with van der Waals surface area (Å²) in [4.78, 5) is 0. The molecule has 0 radical (unpaired) electrons. The lowest BCUT2D eigenvalue weighted by molar-refractivity contribution is 0.133. The largest absolute Gasteiger partial charge is 0.380 e. The normalized spacial score (nSPS) is 11.8. The maximum atomic E-state index is 13.1. The highest BCUT2D eigenvalue weighted by atomic mass is 19.1. The van der Waals surface area contributed by atoms with Gasteiger partial charge in [-0.2, -0.15) is 0 Å². The monoisotopic (exact) mass is 253 g/mol. The van der Waals surface area contributed by atoms with Crippen LogP contribution in [0.25, 0.3) is 0 Å². The predicted octanol–water partition coefficient (Wildman–Crippen LogP) is 3.08. The number of hydrogen-bond acceptors (Lipinski definition) is 2. The first-order valence-electron chi connectivity index (χ1n) is 6.46. The van der Waals surface area contributed by atoms with E-state index in [2.05, 4.69) is 26.1 Å². The van der Waals surface area contributed by atoms with Crippen LogP contribution in [0.3, 0.4) is 0 Å². The van der Waals surface area contributed by atoms with Crippen molar-refractivity contribution < 1.29 is 9.13 Å². The average Bonchev–Trinajstić information content (AvgIpc) is 2.26. The Hall–Kier alpha value is -0.930. The van der Waals surface area contributed by atoms with E-state index in [0.717, 1.165) is 18.5 Å². The van der Waals surface area contributed by atoms with Gasteiger partial charge in [-0.25, -0.2) is 4.39 Å². The van der Waals surface area contributed by atoms with Crippen LogP contribution < -0.4 is 5.32 Å². The van der Waals surface area contributed by atoms with Gasteiger partial charge in [0.25, 0.3) is 0 Å². The van der Waals surface area contributed by atoms with Crippen molar-refractivity contribution in [2.24, 2.45) is 0 Å². The summed E-state index contributed by atoms with van der Waals surface area (Å²) in [5.41, 5.74) is 1.96. The van der Waals surface area contributed by atoms with Crippen molar-refractivity contribution in [3.63, 3.8) is 0 Å². The van der Waals surface area contributed by atoms with Crippen LogP contribution in [-0.2, 0) is 11.2 Å². The van der Waals surface area contributed by atoms with Gasteiger partial charge in [0.15, 0.2) is 0 Å². The summed E-state index contributed by atoms with van der Waals surface area (Å²) in [5, 5.41) is 3.36. The summed E-state index contributed by atoms with van der Waals surface area (Å²) in [7, 11) is 0. The van der Waals surface area contributed by atoms with Crippen LogP contribution in [-0.4, -0.2) is 25.3 Å². The number of rotatable bonds is 6. The zero-order chi connectivity index (χ0) is 13.6. The van der Waals surface area contributed by atoms with Crippen LogP contribution in [0.2, 0.25) is 0 Å². The first-order valence-corrected chi connectivity index (χ1v) is 6.46. The number of ether oxygens (including phenoxy) is 1. The maximum Gasteiger partial charge on any atom is 0.126 e. The van der Waals surface area contributed by atoms with Gasteiger partial charge in [-0.05, 0) is 51.3 Å². The van der Waals surface area contributed by atoms with Crippen LogP contribution >= 0.6 is 0 Å². The third-order valence-corrected chi connectivity index (χ3v) is 2.66. The van der Waals surface area contributed by atoms with Gasteiger partial charge < -0.3 is 10.1 Å². The molecule has 18 heavy (non-hydrogen) atoms. The van der Waals surface area contributed by atoms with Gasteiger partial charge >= 0.3 is 0 Å². The highest BCUT2D eigenvalue weighted by Gasteiger charge is 2.07. The van der Waals surface area contributed by atoms with E-state index >= 15 is 0 Å². The lowest BCUT2D eigenvalue weighted by atomic mass is 10.1. The molecule has 0 aliphatic carbocycles. The second kappa shape index (κ2) is 6.86. The summed E-state index contributed by atoms with van der Waals surface area (Å²) in [6, 6.07) is 5.22. The molecule has 0 bridgehead atoms. The van der Waals surface area contributed by atoms with E-state index in [1.54, 1.807) is 6.92 Å². The van der Waals surface area contributed by atoms with Crippen LogP contribution in [0.1, 0.15) is 31.9 Å². The van der Waals surface area contributed by atoms with Gasteiger partial charge in [-0.15, -0.1) is 0 Å². The third kappa shape index (κ3) is 6.12. The van der Waals surface area contributed by atoms with E-state index in [0.29, 0.717) is 18.8 Å². The Morgan fingerprint density at radius 2 is 1.94 bits per heavy atom. The second-order valence-corrected chi connectivity index (χ2v) is 5.62. The lowest BCUT2D eigenvalue weighted by Gasteiger charge is -2.20. The molecule has 0 unspecified atom stereocenters. The van der Waals surface area contributed by atoms with E-state index in [-0.39, 0.29) is 11.4 Å². The molecule has 0 heterocycles. The first-order chi connectivity index (χ1) is 8.38. The molecule has 0 saturated carbocycles. The minimum atomic E-state index is -0.144. The average molecular weight is 253 g/mol. The van der Waals surface area contributed by atoms with E-state index in [1.807, 2.05) is 12.1 Å². The Balaban J connectivity index is 2.16. The molecule has 0 saturated heterocycles. The molecule has 0 aromatic heterocycles. The smallest absolute Gasteiger partial charge is 0.126 e. The Morgan fingerprint density at radius 3 is 2.56 bits per heavy atom. The van der Waals surface area contributed by atoms with Crippen LogP contribution in [0.4, 0.5) is 4.39 Å². The summed E-state index contributed by atoms with van der Waals surface area (Å²) in [6.07, 6.45) is 0.830. The fourth-order valence-electron chi connectivity index (χ4n) is 1.65. The molecule has 0 amide bonds. The molecule has 0 fully saturated rings. The van der Waals surface area contributed by atoms with E-state index < -0.39 is 0 Å². The minimum Gasteiger partial charge on any atom is -0.380 e. The Kier molecular flexibility index (Phi) is 5.76. The molecule has 1 rings (SSSR count). The predicted molar refractivity (Wildman–Crippen MR) is 73.4 cm³/mol. The summed E-state index contributed by atoms with van der Waals surface area (Å²) >= 11 is 0. The van der Waals surface area contributed by atoms with Crippen LogP contribution in [0, 0.1) is 12.7 Å². The number of nitrogens with one attached hydrogen (secondary N) is 1. The molecule has 3 heteroatoms. The van der Waals surface area contributed by atoms with Crippen molar-refractivity contribution in [2.75, 3.05) is 19.8 Å². The maximum absolute atomic E-state index is 13.1. The number of aryl methyl sites for hydroxylation is 1. The van der Waals surface area contributed by atoms with Gasteiger partial charge in [-0.3, -0.25) is 0 Å². The van der Waals surface area contributed by atoms with Crippen molar-refractivity contribution >= 4 is 0 Å². The quantitative estimate of drug-likeness (QED) is 0.787. The lowest BCUT2D eigenvalue weighted by Crippen LogP contribution is -2.38. The number of hydrogen-bond donors (Lipinski definition) is 1. The van der Waals surface area contributed by atoms with Gasteiger partial charge in [0.2, 0.25) is 0 Å². The number of benzene rings is 1. The van der Waals surface area contributed by atoms with Crippen molar-refractivity contribution in [1.82, 2.24) is 5.32 Å². The third-order valence-electron chi connectivity index (χ3n) is 2.66. The molecule has 1 aromatic carbocycles. The van der Waals surface area contributed by atoms with Crippen LogP contribution in [0.5, 0.6) is 0 Å². The summed E-state index contributed by atoms with van der Waals surface area (Å²) in [6.45, 7) is 10.4. The molecule has 1 aromatic rings. The fourth-order valence-corrected chi connectivity index (χ4v) is 1.65. The van der Waals surface area contributed by atoms with Gasteiger partial charge in [0, 0.05) is 12.1 Å².